The summed E-state index contributed by atoms with van der Waals surface area (Å²) in [5.74, 6) is 0.222. The van der Waals surface area contributed by atoms with Gasteiger partial charge in [-0.3, -0.25) is 13.5 Å². The molecule has 1 aliphatic rings. The third-order valence-electron chi connectivity index (χ3n) is 3.90. The lowest BCUT2D eigenvalue weighted by Gasteiger charge is -2.26. The molecular weight excluding hydrogens is 366 g/mol. The summed E-state index contributed by atoms with van der Waals surface area (Å²) in [5, 5.41) is 3.98. The van der Waals surface area contributed by atoms with Crippen molar-refractivity contribution in [1.82, 2.24) is 8.86 Å². The van der Waals surface area contributed by atoms with Gasteiger partial charge in [-0.15, -0.1) is 0 Å². The molecule has 3 rings (SSSR count). The molecule has 0 saturated carbocycles. The molecule has 0 spiro atoms. The quantitative estimate of drug-likeness (QED) is 0.877. The molecule has 1 aromatic carbocycles. The number of anilines is 2. The van der Waals surface area contributed by atoms with Crippen molar-refractivity contribution in [2.24, 2.45) is 7.05 Å². The first-order valence-corrected chi connectivity index (χ1v) is 8.85. The number of aromatic nitrogens is 1. The summed E-state index contributed by atoms with van der Waals surface area (Å²) in [7, 11) is 3.15. The Morgan fingerprint density at radius 2 is 2.08 bits per heavy atom. The molecule has 0 radical (unpaired) electrons. The first kappa shape index (κ1) is 17.8. The third-order valence-corrected chi connectivity index (χ3v) is 5.14. The molecule has 0 aliphatic carbocycles. The molecule has 0 bridgehead atoms. The largest absolute Gasteiger partial charge is 0.495 e. The zero-order chi connectivity index (χ0) is 18.0. The molecular formula is C16H18ClN3O4S. The van der Waals surface area contributed by atoms with Gasteiger partial charge in [0.05, 0.1) is 25.3 Å². The van der Waals surface area contributed by atoms with Crippen LogP contribution in [0.4, 0.5) is 10.7 Å². The molecule has 1 amide bonds. The van der Waals surface area contributed by atoms with Crippen molar-refractivity contribution in [3.05, 3.63) is 39.1 Å². The Morgan fingerprint density at radius 1 is 1.36 bits per heavy atom. The van der Waals surface area contributed by atoms with Crippen LogP contribution in [-0.2, 0) is 11.8 Å². The minimum Gasteiger partial charge on any atom is -0.495 e. The van der Waals surface area contributed by atoms with Crippen LogP contribution in [0, 0.1) is 0 Å². The molecule has 0 unspecified atom stereocenters. The number of methoxy groups -OCH3 is 1. The van der Waals surface area contributed by atoms with Crippen molar-refractivity contribution in [3.8, 4) is 5.75 Å². The van der Waals surface area contributed by atoms with Crippen LogP contribution in [0.2, 0.25) is 5.02 Å². The predicted molar refractivity (Wildman–Crippen MR) is 97.6 cm³/mol. The number of aryl methyl sites for hydroxylation is 1. The Balaban J connectivity index is 1.99. The topological polar surface area (TPSA) is 72.8 Å². The van der Waals surface area contributed by atoms with E-state index in [1.807, 2.05) is 0 Å². The average molecular weight is 384 g/mol. The number of morpholine rings is 1. The van der Waals surface area contributed by atoms with Crippen molar-refractivity contribution < 1.29 is 14.3 Å². The molecule has 0 atom stereocenters. The number of nitrogens with one attached hydrogen (secondary N) is 1. The van der Waals surface area contributed by atoms with E-state index in [0.717, 1.165) is 11.5 Å². The van der Waals surface area contributed by atoms with Crippen molar-refractivity contribution in [2.75, 3.05) is 38.7 Å². The van der Waals surface area contributed by atoms with Crippen molar-refractivity contribution >= 4 is 39.7 Å². The normalized spacial score (nSPS) is 14.4. The van der Waals surface area contributed by atoms with Crippen LogP contribution in [0.3, 0.4) is 0 Å². The fourth-order valence-electron chi connectivity index (χ4n) is 2.59. The standard InChI is InChI=1S/C16H18ClN3O4S/c1-19-15(21)12(16(22)20-6-8-24-9-7-20)14(25-19)18-13-10(17)4-3-5-11(13)23-2/h3-5,18H,6-9H2,1-2H3. The lowest BCUT2D eigenvalue weighted by molar-refractivity contribution is 0.0302. The zero-order valence-electron chi connectivity index (χ0n) is 13.9. The van der Waals surface area contributed by atoms with E-state index in [1.54, 1.807) is 30.1 Å². The van der Waals surface area contributed by atoms with Crippen molar-refractivity contribution in [1.29, 1.82) is 0 Å². The van der Waals surface area contributed by atoms with Crippen molar-refractivity contribution in [2.45, 2.75) is 0 Å². The molecule has 2 heterocycles. The van der Waals surface area contributed by atoms with E-state index < -0.39 is 0 Å². The Kier molecular flexibility index (Phi) is 5.31. The van der Waals surface area contributed by atoms with E-state index in [2.05, 4.69) is 5.32 Å². The number of benzene rings is 1. The van der Waals surface area contributed by atoms with Crippen LogP contribution in [0.25, 0.3) is 0 Å². The summed E-state index contributed by atoms with van der Waals surface area (Å²) in [6.07, 6.45) is 0. The van der Waals surface area contributed by atoms with Crippen LogP contribution in [0.5, 0.6) is 5.75 Å². The highest BCUT2D eigenvalue weighted by atomic mass is 35.5. The van der Waals surface area contributed by atoms with Gasteiger partial charge in [0.2, 0.25) is 0 Å². The van der Waals surface area contributed by atoms with Gasteiger partial charge in [0.15, 0.2) is 0 Å². The maximum Gasteiger partial charge on any atom is 0.275 e. The van der Waals surface area contributed by atoms with Crippen molar-refractivity contribution in [3.63, 3.8) is 0 Å². The number of halogens is 1. The van der Waals surface area contributed by atoms with Gasteiger partial charge in [0, 0.05) is 20.1 Å². The molecule has 1 aliphatic heterocycles. The second-order valence-electron chi connectivity index (χ2n) is 5.44. The summed E-state index contributed by atoms with van der Waals surface area (Å²) < 4.78 is 12.0. The first-order chi connectivity index (χ1) is 12.0. The summed E-state index contributed by atoms with van der Waals surface area (Å²) in [4.78, 5) is 27.0. The number of ether oxygens (including phenoxy) is 2. The van der Waals surface area contributed by atoms with Gasteiger partial charge in [-0.1, -0.05) is 17.7 Å². The number of carbonyl (C=O) groups is 1. The second kappa shape index (κ2) is 7.47. The number of nitrogens with zero attached hydrogens (tertiary/aromatic N) is 2. The lowest BCUT2D eigenvalue weighted by atomic mass is 10.2. The minimum atomic E-state index is -0.338. The first-order valence-electron chi connectivity index (χ1n) is 7.69. The smallest absolute Gasteiger partial charge is 0.275 e. The molecule has 1 saturated heterocycles. The minimum absolute atomic E-state index is 0.108. The Labute approximate surface area is 153 Å². The summed E-state index contributed by atoms with van der Waals surface area (Å²) in [5.41, 5.74) is 0.288. The van der Waals surface area contributed by atoms with Crippen LogP contribution in [-0.4, -0.2) is 48.2 Å². The molecule has 1 N–H and O–H groups in total. The molecule has 134 valence electrons. The highest BCUT2D eigenvalue weighted by Crippen LogP contribution is 2.36. The van der Waals surface area contributed by atoms with Crippen LogP contribution >= 0.6 is 23.1 Å². The number of hydrogen-bond donors (Lipinski definition) is 1. The van der Waals surface area contributed by atoms with Gasteiger partial charge in [-0.25, -0.2) is 0 Å². The van der Waals surface area contributed by atoms with E-state index in [1.165, 1.54) is 11.1 Å². The summed E-state index contributed by atoms with van der Waals surface area (Å²) in [6.45, 7) is 1.87. The fraction of sp³-hybridized carbons (Fsp3) is 0.375. The van der Waals surface area contributed by atoms with Crippen LogP contribution in [0.15, 0.2) is 23.0 Å². The van der Waals surface area contributed by atoms with E-state index in [4.69, 9.17) is 21.1 Å². The zero-order valence-corrected chi connectivity index (χ0v) is 15.4. The Hall–Kier alpha value is -2.03. The number of hydrogen-bond acceptors (Lipinski definition) is 6. The maximum absolute atomic E-state index is 12.8. The lowest BCUT2D eigenvalue weighted by Crippen LogP contribution is -2.42. The van der Waals surface area contributed by atoms with E-state index in [9.17, 15) is 9.59 Å². The molecule has 1 fully saturated rings. The fourth-order valence-corrected chi connectivity index (χ4v) is 3.66. The van der Waals surface area contributed by atoms with Crippen LogP contribution in [0.1, 0.15) is 10.4 Å². The number of amides is 1. The highest BCUT2D eigenvalue weighted by molar-refractivity contribution is 7.11. The molecule has 9 heteroatoms. The molecule has 7 nitrogen and oxygen atoms in total. The van der Waals surface area contributed by atoms with E-state index in [-0.39, 0.29) is 17.0 Å². The predicted octanol–water partition coefficient (Wildman–Crippen LogP) is 2.32. The number of rotatable bonds is 4. The summed E-state index contributed by atoms with van der Waals surface area (Å²) in [6, 6.07) is 5.23. The van der Waals surface area contributed by atoms with E-state index in [0.29, 0.717) is 47.8 Å². The van der Waals surface area contributed by atoms with Crippen LogP contribution < -0.4 is 15.6 Å². The summed E-state index contributed by atoms with van der Waals surface area (Å²) >= 11 is 7.41. The third kappa shape index (κ3) is 3.51. The van der Waals surface area contributed by atoms with Gasteiger partial charge < -0.3 is 19.7 Å². The molecule has 25 heavy (non-hydrogen) atoms. The van der Waals surface area contributed by atoms with Gasteiger partial charge in [-0.05, 0) is 23.7 Å². The van der Waals surface area contributed by atoms with Gasteiger partial charge in [0.25, 0.3) is 11.5 Å². The second-order valence-corrected chi connectivity index (χ2v) is 6.99. The van der Waals surface area contributed by atoms with Gasteiger partial charge >= 0.3 is 0 Å². The maximum atomic E-state index is 12.8. The molecule has 2 aromatic rings. The number of para-hydroxylation sites is 1. The van der Waals surface area contributed by atoms with E-state index >= 15 is 0 Å². The average Bonchev–Trinajstić information content (AvgIpc) is 2.90. The number of carbonyl (C=O) groups excluding carboxylic acids is 1. The highest BCUT2D eigenvalue weighted by Gasteiger charge is 2.27. The SMILES string of the molecule is COc1cccc(Cl)c1Nc1sn(C)c(=O)c1C(=O)N1CCOCC1. The van der Waals surface area contributed by atoms with Gasteiger partial charge in [0.1, 0.15) is 22.0 Å². The molecule has 1 aromatic heterocycles. The Morgan fingerprint density at radius 3 is 2.76 bits per heavy atom. The monoisotopic (exact) mass is 383 g/mol. The Bertz CT molecular complexity index is 842. The van der Waals surface area contributed by atoms with Gasteiger partial charge in [-0.2, -0.15) is 0 Å².